The Morgan fingerprint density at radius 1 is 1.27 bits per heavy atom. The molecule has 0 aliphatic rings. The molecule has 0 rings (SSSR count). The van der Waals surface area contributed by atoms with Crippen LogP contribution >= 0.6 is 0 Å². The maximum Gasteiger partial charge on any atom is 0.669 e. The second-order valence-corrected chi connectivity index (χ2v) is 7.61. The molecule has 1 atom stereocenters. The van der Waals surface area contributed by atoms with Crippen molar-refractivity contribution in [3.63, 3.8) is 0 Å². The first-order valence-corrected chi connectivity index (χ1v) is 8.02. The molecule has 0 bridgehead atoms. The molecule has 0 heterocycles. The molecule has 0 fully saturated rings. The molecule has 6 nitrogen and oxygen atoms in total. The minimum absolute atomic E-state index is 0.722. The fraction of sp³-hybridized carbons (Fsp3) is 0.857. The largest absolute Gasteiger partial charge is 0.669 e. The maximum absolute atomic E-state index is 10.2. The van der Waals surface area contributed by atoms with Crippen LogP contribution in [-0.2, 0) is 22.2 Å². The minimum atomic E-state index is -3.07. The number of hydrogen-bond acceptors (Lipinski definition) is 6. The van der Waals surface area contributed by atoms with E-state index in [1.165, 1.54) is 27.4 Å². The minimum Gasteiger partial charge on any atom is -0.376 e. The van der Waals surface area contributed by atoms with Crippen LogP contribution in [0.15, 0.2) is 4.66 Å². The average molecular weight is 251 g/mol. The zero-order valence-electron chi connectivity index (χ0n) is 9.48. The number of nitrogens with zero attached hydrogens (tertiary/aromatic N) is 1. The summed E-state index contributed by atoms with van der Waals surface area (Å²) >= 11 is 0. The van der Waals surface area contributed by atoms with Crippen molar-refractivity contribution in [2.24, 2.45) is 4.66 Å². The van der Waals surface area contributed by atoms with Gasteiger partial charge in [-0.05, 0) is 6.04 Å². The quantitative estimate of drug-likeness (QED) is 0.354. The number of isocyanates is 1. The summed E-state index contributed by atoms with van der Waals surface area (Å²) in [7, 11) is -0.752. The molecule has 0 aliphatic carbocycles. The first-order chi connectivity index (χ1) is 7.17. The van der Waals surface area contributed by atoms with E-state index in [-0.39, 0.29) is 0 Å². The average Bonchev–Trinajstić information content (AvgIpc) is 2.27. The normalized spacial score (nSPS) is 13.3. The van der Waals surface area contributed by atoms with Crippen LogP contribution in [0.5, 0.6) is 0 Å². The lowest BCUT2D eigenvalue weighted by molar-refractivity contribution is 0.0499. The van der Waals surface area contributed by atoms with E-state index in [1.54, 1.807) is 0 Å². The molecule has 0 aromatic heterocycles. The van der Waals surface area contributed by atoms with Crippen molar-refractivity contribution in [2.45, 2.75) is 19.4 Å². The molecule has 0 saturated carbocycles. The van der Waals surface area contributed by atoms with Gasteiger partial charge in [-0.15, -0.1) is 0 Å². The lowest BCUT2D eigenvalue weighted by Crippen LogP contribution is -2.50. The summed E-state index contributed by atoms with van der Waals surface area (Å²) in [5.41, 5.74) is 0. The highest BCUT2D eigenvalue weighted by Crippen LogP contribution is 2.13. The van der Waals surface area contributed by atoms with E-state index < -0.39 is 18.2 Å². The van der Waals surface area contributed by atoms with Crippen molar-refractivity contribution in [2.75, 3.05) is 21.3 Å². The Balaban J connectivity index is 4.51. The summed E-state index contributed by atoms with van der Waals surface area (Å²) < 4.78 is 24.4. The summed E-state index contributed by atoms with van der Waals surface area (Å²) in [6.45, 7) is 1.99. The van der Waals surface area contributed by atoms with E-state index in [2.05, 4.69) is 4.66 Å². The third-order valence-corrected chi connectivity index (χ3v) is 6.97. The van der Waals surface area contributed by atoms with Gasteiger partial charge >= 0.3 is 18.2 Å². The van der Waals surface area contributed by atoms with Crippen LogP contribution in [0.2, 0.25) is 6.04 Å². The molecule has 1 unspecified atom stereocenters. The van der Waals surface area contributed by atoms with Crippen molar-refractivity contribution in [1.29, 1.82) is 0 Å². The first-order valence-electron chi connectivity index (χ1n) is 4.58. The summed E-state index contributed by atoms with van der Waals surface area (Å²) in [6.07, 6.45) is 2.39. The zero-order chi connectivity index (χ0) is 11.7. The molecule has 8 heteroatoms. The standard InChI is InChI=1S/C7H17NO5Si2/c1-5-6-14(8-7-9)13-15(10-2,11-3)12-4/h14H,5-6H2,1-4H3. The van der Waals surface area contributed by atoms with Gasteiger partial charge in [0.1, 0.15) is 0 Å². The highest BCUT2D eigenvalue weighted by atomic mass is 28.5. The van der Waals surface area contributed by atoms with Crippen LogP contribution in [-0.4, -0.2) is 45.7 Å². The van der Waals surface area contributed by atoms with Gasteiger partial charge in [0.15, 0.2) is 0 Å². The molecule has 0 amide bonds. The molecule has 0 spiro atoms. The van der Waals surface area contributed by atoms with Gasteiger partial charge in [-0.2, -0.15) is 0 Å². The van der Waals surface area contributed by atoms with Gasteiger partial charge in [0.05, 0.1) is 0 Å². The van der Waals surface area contributed by atoms with E-state index in [1.807, 2.05) is 6.92 Å². The summed E-state index contributed by atoms with van der Waals surface area (Å²) in [6, 6.07) is 0.722. The predicted octanol–water partition coefficient (Wildman–Crippen LogP) is 0.344. The molecule has 0 aliphatic heterocycles. The van der Waals surface area contributed by atoms with Crippen LogP contribution < -0.4 is 0 Å². The van der Waals surface area contributed by atoms with Crippen molar-refractivity contribution >= 4 is 24.3 Å². The third-order valence-electron chi connectivity index (χ3n) is 1.76. The fourth-order valence-corrected chi connectivity index (χ4v) is 5.43. The smallest absolute Gasteiger partial charge is 0.376 e. The van der Waals surface area contributed by atoms with Crippen LogP contribution in [0.1, 0.15) is 13.3 Å². The molecule has 15 heavy (non-hydrogen) atoms. The Morgan fingerprint density at radius 3 is 2.13 bits per heavy atom. The summed E-state index contributed by atoms with van der Waals surface area (Å²) in [5.74, 6) is 0. The molecule has 0 aromatic rings. The predicted molar refractivity (Wildman–Crippen MR) is 58.2 cm³/mol. The van der Waals surface area contributed by atoms with Gasteiger partial charge in [0.25, 0.3) is 0 Å². The molecule has 0 saturated heterocycles. The lowest BCUT2D eigenvalue weighted by Gasteiger charge is -2.25. The second-order valence-electron chi connectivity index (χ2n) is 2.69. The Kier molecular flexibility index (Phi) is 7.70. The number of carbonyl (C=O) groups excluding carboxylic acids is 1. The van der Waals surface area contributed by atoms with Gasteiger partial charge in [-0.25, -0.2) is 9.45 Å². The maximum atomic E-state index is 10.2. The number of hydrogen-bond donors (Lipinski definition) is 0. The Bertz CT molecular complexity index is 209. The molecule has 88 valence electrons. The van der Waals surface area contributed by atoms with Gasteiger partial charge in [0.2, 0.25) is 6.08 Å². The molecule has 0 N–H and O–H groups in total. The summed E-state index contributed by atoms with van der Waals surface area (Å²) in [5, 5.41) is 0. The Hall–Kier alpha value is -0.346. The van der Waals surface area contributed by atoms with E-state index in [0.717, 1.165) is 12.5 Å². The van der Waals surface area contributed by atoms with Crippen LogP contribution in [0.4, 0.5) is 0 Å². The third kappa shape index (κ3) is 4.80. The monoisotopic (exact) mass is 251 g/mol. The van der Waals surface area contributed by atoms with E-state index in [4.69, 9.17) is 17.4 Å². The van der Waals surface area contributed by atoms with Crippen LogP contribution in [0, 0.1) is 0 Å². The highest BCUT2D eigenvalue weighted by molar-refractivity contribution is 6.66. The van der Waals surface area contributed by atoms with Crippen molar-refractivity contribution < 1.29 is 22.2 Å². The van der Waals surface area contributed by atoms with Crippen molar-refractivity contribution in [1.82, 2.24) is 0 Å². The SMILES string of the molecule is CCC[SiH](N=C=O)O[Si](OC)(OC)OC. The van der Waals surface area contributed by atoms with Crippen molar-refractivity contribution in [3.8, 4) is 0 Å². The van der Waals surface area contributed by atoms with E-state index in [9.17, 15) is 4.79 Å². The summed E-state index contributed by atoms with van der Waals surface area (Å²) in [4.78, 5) is 10.2. The van der Waals surface area contributed by atoms with Gasteiger partial charge < -0.3 is 17.4 Å². The van der Waals surface area contributed by atoms with Gasteiger partial charge in [-0.3, -0.25) is 0 Å². The Morgan fingerprint density at radius 2 is 1.80 bits per heavy atom. The molecule has 0 aromatic carbocycles. The van der Waals surface area contributed by atoms with Crippen LogP contribution in [0.3, 0.4) is 0 Å². The second kappa shape index (κ2) is 7.88. The number of rotatable bonds is 8. The van der Waals surface area contributed by atoms with E-state index in [0.29, 0.717) is 0 Å². The molecule has 0 radical (unpaired) electrons. The lowest BCUT2D eigenvalue weighted by atomic mass is 10.6. The van der Waals surface area contributed by atoms with Gasteiger partial charge in [-0.1, -0.05) is 13.3 Å². The topological polar surface area (TPSA) is 66.4 Å². The first kappa shape index (κ1) is 14.7. The molecular formula is C7H17NO5Si2. The highest BCUT2D eigenvalue weighted by Gasteiger charge is 2.44. The van der Waals surface area contributed by atoms with Crippen molar-refractivity contribution in [3.05, 3.63) is 0 Å². The van der Waals surface area contributed by atoms with Crippen LogP contribution in [0.25, 0.3) is 0 Å². The Labute approximate surface area is 92.5 Å². The zero-order valence-corrected chi connectivity index (χ0v) is 11.6. The van der Waals surface area contributed by atoms with Gasteiger partial charge in [0, 0.05) is 21.3 Å². The fourth-order valence-electron chi connectivity index (χ4n) is 1.02. The molecular weight excluding hydrogens is 234 g/mol. The van der Waals surface area contributed by atoms with E-state index >= 15 is 0 Å².